The Balaban J connectivity index is 1.74. The Labute approximate surface area is 146 Å². The fourth-order valence-corrected chi connectivity index (χ4v) is 2.97. The van der Waals surface area contributed by atoms with Crippen molar-refractivity contribution in [3.63, 3.8) is 0 Å². The fraction of sp³-hybridized carbons (Fsp3) is 0.353. The molecule has 0 unspecified atom stereocenters. The summed E-state index contributed by atoms with van der Waals surface area (Å²) in [6.45, 7) is 0.318. The molecule has 1 saturated heterocycles. The second-order valence-corrected chi connectivity index (χ2v) is 6.20. The second kappa shape index (κ2) is 6.56. The highest BCUT2D eigenvalue weighted by Gasteiger charge is 2.38. The van der Waals surface area contributed by atoms with Crippen LogP contribution in [0.1, 0.15) is 34.5 Å². The lowest BCUT2D eigenvalue weighted by atomic mass is 9.83. The van der Waals surface area contributed by atoms with Gasteiger partial charge in [0.2, 0.25) is 0 Å². The number of halogens is 3. The van der Waals surface area contributed by atoms with Crippen LogP contribution in [-0.4, -0.2) is 39.0 Å². The average molecular weight is 367 g/mol. The molecule has 1 amide bonds. The summed E-state index contributed by atoms with van der Waals surface area (Å²) in [7, 11) is 0. The molecule has 0 aliphatic carbocycles. The predicted octanol–water partition coefficient (Wildman–Crippen LogP) is 1.91. The van der Waals surface area contributed by atoms with Crippen molar-refractivity contribution in [1.29, 1.82) is 0 Å². The van der Waals surface area contributed by atoms with Gasteiger partial charge >= 0.3 is 6.18 Å². The number of nitrogens with zero attached hydrogens (tertiary/aromatic N) is 2. The molecule has 1 aliphatic rings. The van der Waals surface area contributed by atoms with Crippen LogP contribution in [0.2, 0.25) is 0 Å². The third kappa shape index (κ3) is 3.62. The van der Waals surface area contributed by atoms with Crippen molar-refractivity contribution in [2.45, 2.75) is 24.6 Å². The van der Waals surface area contributed by atoms with Crippen LogP contribution in [0.15, 0.2) is 41.5 Å². The number of hydrogen-bond donors (Lipinski definition) is 2. The average Bonchev–Trinajstić information content (AvgIpc) is 2.62. The Kier molecular flexibility index (Phi) is 4.57. The van der Waals surface area contributed by atoms with Gasteiger partial charge in [0.05, 0.1) is 17.4 Å². The van der Waals surface area contributed by atoms with Gasteiger partial charge in [0, 0.05) is 19.3 Å². The molecule has 2 N–H and O–H groups in total. The third-order valence-corrected chi connectivity index (χ3v) is 4.50. The van der Waals surface area contributed by atoms with Crippen LogP contribution in [-0.2, 0) is 11.8 Å². The molecular formula is C17H16F3N3O3. The zero-order valence-electron chi connectivity index (χ0n) is 13.6. The number of aromatic nitrogens is 2. The molecule has 26 heavy (non-hydrogen) atoms. The van der Waals surface area contributed by atoms with Crippen molar-refractivity contribution in [3.8, 4) is 0 Å². The maximum Gasteiger partial charge on any atom is 0.416 e. The summed E-state index contributed by atoms with van der Waals surface area (Å²) >= 11 is 0. The maximum atomic E-state index is 12.9. The number of hydrogen-bond acceptors (Lipinski definition) is 4. The smallest absolute Gasteiger partial charge is 0.385 e. The Morgan fingerprint density at radius 2 is 1.96 bits per heavy atom. The minimum Gasteiger partial charge on any atom is -0.385 e. The van der Waals surface area contributed by atoms with E-state index in [1.165, 1.54) is 23.2 Å². The number of likely N-dealkylation sites (tertiary alicyclic amines) is 1. The summed E-state index contributed by atoms with van der Waals surface area (Å²) in [4.78, 5) is 30.9. The second-order valence-electron chi connectivity index (χ2n) is 6.20. The highest BCUT2D eigenvalue weighted by atomic mass is 19.4. The number of nitrogens with one attached hydrogen (secondary N) is 1. The lowest BCUT2D eigenvalue weighted by Gasteiger charge is -2.38. The van der Waals surface area contributed by atoms with Crippen LogP contribution in [0.4, 0.5) is 13.2 Å². The summed E-state index contributed by atoms with van der Waals surface area (Å²) in [6, 6.07) is 4.61. The van der Waals surface area contributed by atoms with E-state index in [-0.39, 0.29) is 37.2 Å². The standard InChI is InChI=1S/C17H16F3N3O3/c18-17(19,20)12-3-1-2-11(8-12)16(26)4-6-23(7-5-16)15(25)13-9-22-14(24)10-21-13/h1-3,8-10,26H,4-7H2,(H,22,24). The summed E-state index contributed by atoms with van der Waals surface area (Å²) < 4.78 is 38.6. The molecule has 9 heteroatoms. The SMILES string of the molecule is O=C(c1c[nH]c(=O)cn1)N1CCC(O)(c2cccc(C(F)(F)F)c2)CC1. The van der Waals surface area contributed by atoms with E-state index in [1.807, 2.05) is 0 Å². The first-order valence-corrected chi connectivity index (χ1v) is 7.93. The number of aliphatic hydroxyl groups is 1. The number of benzene rings is 1. The molecule has 0 bridgehead atoms. The van der Waals surface area contributed by atoms with Crippen molar-refractivity contribution >= 4 is 5.91 Å². The lowest BCUT2D eigenvalue weighted by Crippen LogP contribution is -2.45. The quantitative estimate of drug-likeness (QED) is 0.849. The largest absolute Gasteiger partial charge is 0.416 e. The Morgan fingerprint density at radius 3 is 2.54 bits per heavy atom. The number of piperidine rings is 1. The van der Waals surface area contributed by atoms with Gasteiger partial charge in [-0.25, -0.2) is 4.98 Å². The first-order chi connectivity index (χ1) is 12.2. The van der Waals surface area contributed by atoms with Crippen LogP contribution in [0, 0.1) is 0 Å². The minimum atomic E-state index is -4.49. The van der Waals surface area contributed by atoms with Crippen LogP contribution in [0.25, 0.3) is 0 Å². The summed E-state index contributed by atoms with van der Waals surface area (Å²) in [5.41, 5.74) is -2.44. The number of carbonyl (C=O) groups excluding carboxylic acids is 1. The van der Waals surface area contributed by atoms with Crippen molar-refractivity contribution in [1.82, 2.24) is 14.9 Å². The molecule has 1 aliphatic heterocycles. The fourth-order valence-electron chi connectivity index (χ4n) is 2.97. The van der Waals surface area contributed by atoms with E-state index < -0.39 is 28.8 Å². The highest BCUT2D eigenvalue weighted by Crippen LogP contribution is 2.36. The molecule has 0 saturated carbocycles. The molecule has 0 spiro atoms. The van der Waals surface area contributed by atoms with Gasteiger partial charge in [-0.1, -0.05) is 12.1 Å². The highest BCUT2D eigenvalue weighted by molar-refractivity contribution is 5.92. The molecule has 138 valence electrons. The zero-order valence-corrected chi connectivity index (χ0v) is 13.6. The molecule has 1 fully saturated rings. The molecule has 2 aromatic rings. The number of rotatable bonds is 2. The Bertz CT molecular complexity index is 851. The zero-order chi connectivity index (χ0) is 18.9. The first-order valence-electron chi connectivity index (χ1n) is 7.93. The van der Waals surface area contributed by atoms with Gasteiger partial charge in [-0.05, 0) is 30.5 Å². The molecule has 6 nitrogen and oxygen atoms in total. The molecule has 1 aromatic carbocycles. The van der Waals surface area contributed by atoms with Gasteiger partial charge in [-0.2, -0.15) is 13.2 Å². The van der Waals surface area contributed by atoms with E-state index in [0.29, 0.717) is 0 Å². The number of H-pyrrole nitrogens is 1. The molecule has 2 heterocycles. The maximum absolute atomic E-state index is 12.9. The topological polar surface area (TPSA) is 86.3 Å². The van der Waals surface area contributed by atoms with Gasteiger partial charge in [0.1, 0.15) is 5.69 Å². The van der Waals surface area contributed by atoms with E-state index in [1.54, 1.807) is 0 Å². The lowest BCUT2D eigenvalue weighted by molar-refractivity contribution is -0.137. The van der Waals surface area contributed by atoms with Crippen molar-refractivity contribution in [2.24, 2.45) is 0 Å². The Hall–Kier alpha value is -2.68. The third-order valence-electron chi connectivity index (χ3n) is 4.50. The normalized spacial score (nSPS) is 17.2. The van der Waals surface area contributed by atoms with Crippen molar-refractivity contribution < 1.29 is 23.1 Å². The number of amides is 1. The predicted molar refractivity (Wildman–Crippen MR) is 85.3 cm³/mol. The molecule has 0 radical (unpaired) electrons. The van der Waals surface area contributed by atoms with Crippen molar-refractivity contribution in [2.75, 3.05) is 13.1 Å². The van der Waals surface area contributed by atoms with Crippen molar-refractivity contribution in [3.05, 3.63) is 63.8 Å². The monoisotopic (exact) mass is 367 g/mol. The van der Waals surface area contributed by atoms with Crippen LogP contribution in [0.3, 0.4) is 0 Å². The number of alkyl halides is 3. The Morgan fingerprint density at radius 1 is 1.27 bits per heavy atom. The van der Waals surface area contributed by atoms with E-state index in [4.69, 9.17) is 0 Å². The summed E-state index contributed by atoms with van der Waals surface area (Å²) in [6.07, 6.45) is -2.08. The number of aromatic amines is 1. The van der Waals surface area contributed by atoms with Crippen LogP contribution >= 0.6 is 0 Å². The molecule has 3 rings (SSSR count). The van der Waals surface area contributed by atoms with E-state index >= 15 is 0 Å². The molecule has 1 aromatic heterocycles. The number of carbonyl (C=O) groups is 1. The summed E-state index contributed by atoms with van der Waals surface area (Å²) in [5.74, 6) is -0.410. The first kappa shape index (κ1) is 18.1. The van der Waals surface area contributed by atoms with Gasteiger partial charge < -0.3 is 15.0 Å². The van der Waals surface area contributed by atoms with Gasteiger partial charge in [-0.3, -0.25) is 9.59 Å². The molecule has 0 atom stereocenters. The van der Waals surface area contributed by atoms with Gasteiger partial charge in [-0.15, -0.1) is 0 Å². The van der Waals surface area contributed by atoms with Crippen LogP contribution in [0.5, 0.6) is 0 Å². The summed E-state index contributed by atoms with van der Waals surface area (Å²) in [5, 5.41) is 10.8. The molecular weight excluding hydrogens is 351 g/mol. The van der Waals surface area contributed by atoms with E-state index in [9.17, 15) is 27.9 Å². The van der Waals surface area contributed by atoms with Gasteiger partial charge in [0.15, 0.2) is 0 Å². The minimum absolute atomic E-state index is 0.0640. The van der Waals surface area contributed by atoms with Crippen LogP contribution < -0.4 is 5.56 Å². The van der Waals surface area contributed by atoms with Gasteiger partial charge in [0.25, 0.3) is 11.5 Å². The van der Waals surface area contributed by atoms with E-state index in [0.717, 1.165) is 18.3 Å². The van der Waals surface area contributed by atoms with E-state index in [2.05, 4.69) is 9.97 Å².